The van der Waals surface area contributed by atoms with Crippen molar-refractivity contribution in [2.24, 2.45) is 11.8 Å². The molecule has 0 atom stereocenters. The molecule has 0 spiro atoms. The number of ether oxygens (including phenoxy) is 3. The predicted molar refractivity (Wildman–Crippen MR) is 139 cm³/mol. The smallest absolute Gasteiger partial charge is 0.309 e. The van der Waals surface area contributed by atoms with Gasteiger partial charge in [-0.05, 0) is 65.3 Å². The fourth-order valence-corrected chi connectivity index (χ4v) is 5.50. The SMILES string of the molecule is CC1CCC(C(=O)OC2COc3ccc4ccccc4c3-c3c(ccc4ccccc34)OC2)CC1. The van der Waals surface area contributed by atoms with Gasteiger partial charge in [-0.25, -0.2) is 0 Å². The Morgan fingerprint density at radius 3 is 1.77 bits per heavy atom. The third kappa shape index (κ3) is 4.22. The molecule has 1 fully saturated rings. The fourth-order valence-electron chi connectivity index (χ4n) is 5.50. The first kappa shape index (κ1) is 22.0. The molecule has 178 valence electrons. The minimum atomic E-state index is -0.474. The number of carbonyl (C=O) groups excluding carboxylic acids is 1. The Bertz CT molecular complexity index is 1290. The Balaban J connectivity index is 1.41. The molecule has 4 nitrogen and oxygen atoms in total. The van der Waals surface area contributed by atoms with Crippen LogP contribution in [-0.2, 0) is 9.53 Å². The van der Waals surface area contributed by atoms with E-state index in [9.17, 15) is 4.79 Å². The molecule has 4 aromatic rings. The zero-order valence-electron chi connectivity index (χ0n) is 20.0. The lowest BCUT2D eigenvalue weighted by molar-refractivity contribution is -0.158. The molecule has 1 saturated carbocycles. The molecule has 1 aliphatic heterocycles. The van der Waals surface area contributed by atoms with Crippen LogP contribution in [0.5, 0.6) is 11.5 Å². The first-order valence-electron chi connectivity index (χ1n) is 12.7. The van der Waals surface area contributed by atoms with Gasteiger partial charge < -0.3 is 14.2 Å². The standard InChI is InChI=1S/C31H30O4/c1-20-10-12-23(13-11-20)31(32)35-24-18-33-27-16-14-21-6-2-4-8-25(21)29(27)30-26-9-5-3-7-22(26)15-17-28(30)34-19-24/h2-9,14-17,20,23-24H,10-13,18-19H2,1H3. The molecule has 0 aromatic heterocycles. The second kappa shape index (κ2) is 9.26. The molecule has 6 rings (SSSR count). The van der Waals surface area contributed by atoms with Crippen LogP contribution < -0.4 is 9.47 Å². The van der Waals surface area contributed by atoms with Crippen LogP contribution in [0.3, 0.4) is 0 Å². The molecule has 1 heterocycles. The Morgan fingerprint density at radius 2 is 1.23 bits per heavy atom. The Morgan fingerprint density at radius 1 is 0.714 bits per heavy atom. The highest BCUT2D eigenvalue weighted by Crippen LogP contribution is 2.46. The van der Waals surface area contributed by atoms with Gasteiger partial charge in [0.1, 0.15) is 24.7 Å². The van der Waals surface area contributed by atoms with Crippen LogP contribution in [0.4, 0.5) is 0 Å². The van der Waals surface area contributed by atoms with Gasteiger partial charge in [-0.3, -0.25) is 4.79 Å². The van der Waals surface area contributed by atoms with E-state index in [1.165, 1.54) is 0 Å². The van der Waals surface area contributed by atoms with Gasteiger partial charge in [-0.1, -0.05) is 67.6 Å². The van der Waals surface area contributed by atoms with Crippen LogP contribution in [0.2, 0.25) is 0 Å². The highest BCUT2D eigenvalue weighted by atomic mass is 16.6. The van der Waals surface area contributed by atoms with Crippen molar-refractivity contribution in [3.63, 3.8) is 0 Å². The van der Waals surface area contributed by atoms with Crippen molar-refractivity contribution in [2.75, 3.05) is 13.2 Å². The number of hydrogen-bond donors (Lipinski definition) is 0. The van der Waals surface area contributed by atoms with Gasteiger partial charge >= 0.3 is 5.97 Å². The second-order valence-electron chi connectivity index (χ2n) is 9.96. The van der Waals surface area contributed by atoms with Crippen molar-refractivity contribution in [1.82, 2.24) is 0 Å². The molecule has 0 amide bonds. The molecule has 35 heavy (non-hydrogen) atoms. The van der Waals surface area contributed by atoms with Gasteiger partial charge in [0.15, 0.2) is 6.10 Å². The maximum absolute atomic E-state index is 13.0. The van der Waals surface area contributed by atoms with Gasteiger partial charge in [-0.2, -0.15) is 0 Å². The summed E-state index contributed by atoms with van der Waals surface area (Å²) in [4.78, 5) is 13.0. The van der Waals surface area contributed by atoms with E-state index in [-0.39, 0.29) is 25.1 Å². The maximum atomic E-state index is 13.0. The van der Waals surface area contributed by atoms with E-state index in [4.69, 9.17) is 14.2 Å². The number of esters is 1. The summed E-state index contributed by atoms with van der Waals surface area (Å²) in [5.41, 5.74) is 2.03. The zero-order chi connectivity index (χ0) is 23.8. The van der Waals surface area contributed by atoms with Crippen LogP contribution >= 0.6 is 0 Å². The normalized spacial score (nSPS) is 20.5. The quantitative estimate of drug-likeness (QED) is 0.294. The zero-order valence-corrected chi connectivity index (χ0v) is 20.0. The molecule has 0 bridgehead atoms. The average molecular weight is 467 g/mol. The van der Waals surface area contributed by atoms with Crippen LogP contribution in [0.15, 0.2) is 72.8 Å². The van der Waals surface area contributed by atoms with E-state index in [1.807, 2.05) is 24.3 Å². The van der Waals surface area contributed by atoms with Crippen LogP contribution in [-0.4, -0.2) is 25.3 Å². The molecule has 0 N–H and O–H groups in total. The van der Waals surface area contributed by atoms with E-state index in [0.717, 1.165) is 69.9 Å². The molecule has 4 heteroatoms. The summed E-state index contributed by atoms with van der Waals surface area (Å²) in [7, 11) is 0. The lowest BCUT2D eigenvalue weighted by atomic mass is 9.83. The molecule has 0 radical (unpaired) electrons. The third-order valence-corrected chi connectivity index (χ3v) is 7.51. The Hall–Kier alpha value is -3.53. The van der Waals surface area contributed by atoms with Crippen molar-refractivity contribution in [3.8, 4) is 22.6 Å². The average Bonchev–Trinajstić information content (AvgIpc) is 2.97. The summed E-state index contributed by atoms with van der Waals surface area (Å²) in [6.45, 7) is 2.77. The van der Waals surface area contributed by atoms with Crippen molar-refractivity contribution >= 4 is 27.5 Å². The van der Waals surface area contributed by atoms with Crippen molar-refractivity contribution in [3.05, 3.63) is 72.8 Å². The second-order valence-corrected chi connectivity index (χ2v) is 9.96. The van der Waals surface area contributed by atoms with Crippen LogP contribution in [0.25, 0.3) is 32.7 Å². The van der Waals surface area contributed by atoms with E-state index in [0.29, 0.717) is 5.92 Å². The maximum Gasteiger partial charge on any atom is 0.309 e. The van der Waals surface area contributed by atoms with Crippen LogP contribution in [0, 0.1) is 11.8 Å². The Labute approximate surface area is 205 Å². The molecule has 4 aromatic carbocycles. The molecule has 0 unspecified atom stereocenters. The van der Waals surface area contributed by atoms with Gasteiger partial charge in [-0.15, -0.1) is 0 Å². The van der Waals surface area contributed by atoms with E-state index in [1.54, 1.807) is 0 Å². The number of rotatable bonds is 2. The summed E-state index contributed by atoms with van der Waals surface area (Å²) < 4.78 is 18.7. The van der Waals surface area contributed by atoms with Crippen molar-refractivity contribution in [1.29, 1.82) is 0 Å². The first-order chi connectivity index (χ1) is 17.2. The molecule has 1 aliphatic carbocycles. The van der Waals surface area contributed by atoms with Gasteiger partial charge in [0.05, 0.1) is 5.92 Å². The minimum absolute atomic E-state index is 0.0220. The highest BCUT2D eigenvalue weighted by Gasteiger charge is 2.29. The monoisotopic (exact) mass is 466 g/mol. The van der Waals surface area contributed by atoms with E-state index >= 15 is 0 Å². The fraction of sp³-hybridized carbons (Fsp3) is 0.323. The minimum Gasteiger partial charge on any atom is -0.489 e. The third-order valence-electron chi connectivity index (χ3n) is 7.51. The topological polar surface area (TPSA) is 44.8 Å². The summed E-state index contributed by atoms with van der Waals surface area (Å²) in [6, 6.07) is 24.9. The van der Waals surface area contributed by atoms with Gasteiger partial charge in [0.25, 0.3) is 0 Å². The summed E-state index contributed by atoms with van der Waals surface area (Å²) in [5, 5.41) is 4.50. The van der Waals surface area contributed by atoms with Crippen LogP contribution in [0.1, 0.15) is 32.6 Å². The largest absolute Gasteiger partial charge is 0.489 e. The summed E-state index contributed by atoms with van der Waals surface area (Å²) in [6.07, 6.45) is 3.49. The number of fused-ring (bicyclic) bond motifs is 7. The summed E-state index contributed by atoms with van der Waals surface area (Å²) in [5.74, 6) is 2.10. The number of benzene rings is 4. The van der Waals surface area contributed by atoms with Gasteiger partial charge in [0, 0.05) is 11.1 Å². The lowest BCUT2D eigenvalue weighted by Crippen LogP contribution is -2.34. The number of carbonyl (C=O) groups is 1. The van der Waals surface area contributed by atoms with Crippen molar-refractivity contribution < 1.29 is 19.0 Å². The van der Waals surface area contributed by atoms with Gasteiger partial charge in [0.2, 0.25) is 0 Å². The summed E-state index contributed by atoms with van der Waals surface area (Å²) >= 11 is 0. The van der Waals surface area contributed by atoms with E-state index < -0.39 is 6.10 Å². The molecule has 2 aliphatic rings. The molecular formula is C31H30O4. The first-order valence-corrected chi connectivity index (χ1v) is 12.7. The van der Waals surface area contributed by atoms with E-state index in [2.05, 4.69) is 55.5 Å². The predicted octanol–water partition coefficient (Wildman–Crippen LogP) is 7.17. The lowest BCUT2D eigenvalue weighted by Gasteiger charge is -2.26. The molecular weight excluding hydrogens is 436 g/mol. The Kier molecular flexibility index (Phi) is 5.81. The highest BCUT2D eigenvalue weighted by molar-refractivity contribution is 6.09. The molecule has 0 saturated heterocycles. The van der Waals surface area contributed by atoms with Crippen molar-refractivity contribution in [2.45, 2.75) is 38.7 Å². The number of hydrogen-bond acceptors (Lipinski definition) is 4.